The number of nitrogens with zero attached hydrogens (tertiary/aromatic N) is 1. The first-order chi connectivity index (χ1) is 8.95. The van der Waals surface area contributed by atoms with E-state index in [-0.39, 0.29) is 11.3 Å². The van der Waals surface area contributed by atoms with E-state index in [1.165, 1.54) is 0 Å². The van der Waals surface area contributed by atoms with Crippen LogP contribution in [0.5, 0.6) is 0 Å². The normalized spacial score (nSPS) is 11.9. The first-order valence-corrected chi connectivity index (χ1v) is 7.64. The average Bonchev–Trinajstić information content (AvgIpc) is 2.37. The molecular weight excluding hydrogens is 238 g/mol. The lowest BCUT2D eigenvalue weighted by atomic mass is 9.84. The second kappa shape index (κ2) is 10.2. The zero-order chi connectivity index (χ0) is 14.7. The van der Waals surface area contributed by atoms with E-state index in [1.54, 1.807) is 0 Å². The largest absolute Gasteiger partial charge is 0.356 e. The summed E-state index contributed by atoms with van der Waals surface area (Å²) in [4.78, 5) is 14.1. The number of carbonyl (C=O) groups is 1. The van der Waals surface area contributed by atoms with E-state index in [0.717, 1.165) is 45.4 Å². The fourth-order valence-corrected chi connectivity index (χ4v) is 2.13. The number of nitrogens with two attached hydrogens (primary N) is 1. The van der Waals surface area contributed by atoms with Gasteiger partial charge < -0.3 is 16.0 Å². The van der Waals surface area contributed by atoms with Crippen molar-refractivity contribution in [2.45, 2.75) is 53.4 Å². The first kappa shape index (κ1) is 18.4. The summed E-state index contributed by atoms with van der Waals surface area (Å²) < 4.78 is 0. The maximum absolute atomic E-state index is 11.7. The lowest BCUT2D eigenvalue weighted by molar-refractivity contribution is -0.121. The maximum atomic E-state index is 11.7. The second-order valence-corrected chi connectivity index (χ2v) is 5.93. The molecule has 4 heteroatoms. The van der Waals surface area contributed by atoms with E-state index in [0.29, 0.717) is 13.0 Å². The predicted octanol–water partition coefficient (Wildman–Crippen LogP) is 1.99. The second-order valence-electron chi connectivity index (χ2n) is 5.93. The summed E-state index contributed by atoms with van der Waals surface area (Å²) in [7, 11) is 0. The van der Waals surface area contributed by atoms with Gasteiger partial charge in [-0.3, -0.25) is 4.79 Å². The Hall–Kier alpha value is -0.610. The molecule has 0 heterocycles. The van der Waals surface area contributed by atoms with Crippen molar-refractivity contribution in [3.8, 4) is 0 Å². The van der Waals surface area contributed by atoms with E-state index >= 15 is 0 Å². The minimum absolute atomic E-state index is 0.171. The molecule has 4 nitrogen and oxygen atoms in total. The van der Waals surface area contributed by atoms with Crippen molar-refractivity contribution in [3.05, 3.63) is 0 Å². The lowest BCUT2D eigenvalue weighted by Gasteiger charge is -2.23. The summed E-state index contributed by atoms with van der Waals surface area (Å²) in [5.41, 5.74) is 5.74. The van der Waals surface area contributed by atoms with Crippen LogP contribution in [0.1, 0.15) is 53.4 Å². The molecule has 0 aliphatic rings. The van der Waals surface area contributed by atoms with Crippen molar-refractivity contribution < 1.29 is 4.79 Å². The Morgan fingerprint density at radius 1 is 1.21 bits per heavy atom. The third-order valence-corrected chi connectivity index (χ3v) is 3.72. The summed E-state index contributed by atoms with van der Waals surface area (Å²) in [6, 6.07) is 0. The monoisotopic (exact) mass is 271 g/mol. The number of hydrogen-bond donors (Lipinski definition) is 2. The van der Waals surface area contributed by atoms with Crippen LogP contribution in [0.15, 0.2) is 0 Å². The van der Waals surface area contributed by atoms with E-state index < -0.39 is 0 Å². The van der Waals surface area contributed by atoms with Crippen molar-refractivity contribution in [1.82, 2.24) is 10.2 Å². The van der Waals surface area contributed by atoms with Crippen molar-refractivity contribution in [2.24, 2.45) is 11.1 Å². The van der Waals surface area contributed by atoms with Crippen molar-refractivity contribution >= 4 is 5.91 Å². The summed E-state index contributed by atoms with van der Waals surface area (Å²) in [5.74, 6) is 0.171. The number of rotatable bonds is 11. The van der Waals surface area contributed by atoms with Crippen molar-refractivity contribution in [2.75, 3.05) is 32.7 Å². The minimum Gasteiger partial charge on any atom is -0.356 e. The fourth-order valence-electron chi connectivity index (χ4n) is 2.13. The molecule has 0 aliphatic heterocycles. The van der Waals surface area contributed by atoms with Crippen LogP contribution in [0.3, 0.4) is 0 Å². The molecule has 0 saturated carbocycles. The molecule has 114 valence electrons. The Labute approximate surface area is 119 Å². The summed E-state index contributed by atoms with van der Waals surface area (Å²) >= 11 is 0. The zero-order valence-electron chi connectivity index (χ0n) is 13.3. The molecule has 0 atom stereocenters. The standard InChI is InChI=1S/C15H33N3O/c1-5-18(6-2)13-7-12-17-14(19)8-9-15(3,4)10-11-16/h5-13,16H2,1-4H3,(H,17,19). The van der Waals surface area contributed by atoms with Gasteiger partial charge in [0.25, 0.3) is 0 Å². The fraction of sp³-hybridized carbons (Fsp3) is 0.933. The lowest BCUT2D eigenvalue weighted by Crippen LogP contribution is -2.30. The Balaban J connectivity index is 3.65. The highest BCUT2D eigenvalue weighted by atomic mass is 16.1. The van der Waals surface area contributed by atoms with Crippen LogP contribution >= 0.6 is 0 Å². The van der Waals surface area contributed by atoms with Crippen LogP contribution in [-0.2, 0) is 4.79 Å². The number of carbonyl (C=O) groups excluding carboxylic acids is 1. The molecule has 0 aromatic heterocycles. The molecule has 1 amide bonds. The third kappa shape index (κ3) is 9.91. The molecule has 0 saturated heterocycles. The first-order valence-electron chi connectivity index (χ1n) is 7.64. The summed E-state index contributed by atoms with van der Waals surface area (Å²) in [6.07, 6.45) is 3.52. The quantitative estimate of drug-likeness (QED) is 0.565. The van der Waals surface area contributed by atoms with Crippen LogP contribution in [0.2, 0.25) is 0 Å². The Morgan fingerprint density at radius 2 is 1.84 bits per heavy atom. The van der Waals surface area contributed by atoms with E-state index in [9.17, 15) is 4.79 Å². The molecule has 0 unspecified atom stereocenters. The van der Waals surface area contributed by atoms with Gasteiger partial charge in [-0.1, -0.05) is 27.7 Å². The van der Waals surface area contributed by atoms with Crippen LogP contribution in [0.4, 0.5) is 0 Å². The highest BCUT2D eigenvalue weighted by Crippen LogP contribution is 2.25. The van der Waals surface area contributed by atoms with Crippen LogP contribution in [-0.4, -0.2) is 43.5 Å². The van der Waals surface area contributed by atoms with Gasteiger partial charge in [0.2, 0.25) is 5.91 Å². The van der Waals surface area contributed by atoms with Crippen LogP contribution in [0.25, 0.3) is 0 Å². The predicted molar refractivity (Wildman–Crippen MR) is 82.1 cm³/mol. The molecule has 0 radical (unpaired) electrons. The average molecular weight is 271 g/mol. The number of nitrogens with one attached hydrogen (secondary N) is 1. The summed E-state index contributed by atoms with van der Waals surface area (Å²) in [6.45, 7) is 13.4. The van der Waals surface area contributed by atoms with Gasteiger partial charge in [0, 0.05) is 13.0 Å². The van der Waals surface area contributed by atoms with Gasteiger partial charge in [0.05, 0.1) is 0 Å². The van der Waals surface area contributed by atoms with Gasteiger partial charge in [-0.25, -0.2) is 0 Å². The molecule has 0 fully saturated rings. The Morgan fingerprint density at radius 3 is 2.37 bits per heavy atom. The Bertz CT molecular complexity index is 238. The zero-order valence-corrected chi connectivity index (χ0v) is 13.3. The smallest absolute Gasteiger partial charge is 0.220 e. The number of hydrogen-bond acceptors (Lipinski definition) is 3. The molecular formula is C15H33N3O. The highest BCUT2D eigenvalue weighted by molar-refractivity contribution is 5.75. The van der Waals surface area contributed by atoms with E-state index in [4.69, 9.17) is 5.73 Å². The molecule has 19 heavy (non-hydrogen) atoms. The van der Waals surface area contributed by atoms with Crippen LogP contribution in [0, 0.1) is 5.41 Å². The maximum Gasteiger partial charge on any atom is 0.220 e. The molecule has 0 aromatic rings. The summed E-state index contributed by atoms with van der Waals surface area (Å²) in [5, 5.41) is 3.00. The van der Waals surface area contributed by atoms with Gasteiger partial charge in [-0.2, -0.15) is 0 Å². The van der Waals surface area contributed by atoms with E-state index in [1.807, 2.05) is 0 Å². The van der Waals surface area contributed by atoms with Crippen molar-refractivity contribution in [3.63, 3.8) is 0 Å². The van der Waals surface area contributed by atoms with E-state index in [2.05, 4.69) is 37.9 Å². The van der Waals surface area contributed by atoms with Crippen LogP contribution < -0.4 is 11.1 Å². The van der Waals surface area contributed by atoms with Gasteiger partial charge in [-0.15, -0.1) is 0 Å². The molecule has 3 N–H and O–H groups in total. The highest BCUT2D eigenvalue weighted by Gasteiger charge is 2.17. The molecule has 0 aromatic carbocycles. The van der Waals surface area contributed by atoms with Gasteiger partial charge in [-0.05, 0) is 50.9 Å². The minimum atomic E-state index is 0.171. The SMILES string of the molecule is CCN(CC)CCCNC(=O)CCC(C)(C)CCN. The van der Waals surface area contributed by atoms with Crippen molar-refractivity contribution in [1.29, 1.82) is 0 Å². The van der Waals surface area contributed by atoms with Gasteiger partial charge >= 0.3 is 0 Å². The number of amides is 1. The molecule has 0 aliphatic carbocycles. The Kier molecular flexibility index (Phi) is 9.88. The molecule has 0 bridgehead atoms. The molecule has 0 spiro atoms. The topological polar surface area (TPSA) is 58.4 Å². The molecule has 0 rings (SSSR count). The third-order valence-electron chi connectivity index (χ3n) is 3.72. The van der Waals surface area contributed by atoms with Gasteiger partial charge in [0.1, 0.15) is 0 Å². The van der Waals surface area contributed by atoms with Gasteiger partial charge in [0.15, 0.2) is 0 Å².